The molecular formula is C15H18F3N3O5S. The van der Waals surface area contributed by atoms with Gasteiger partial charge in [-0.05, 0) is 38.5 Å². The summed E-state index contributed by atoms with van der Waals surface area (Å²) in [6.07, 6.45) is -5.42. The number of H-pyrrole nitrogens is 1. The molecule has 2 rings (SSSR count). The van der Waals surface area contributed by atoms with Crippen LogP contribution in [0.25, 0.3) is 10.9 Å². The van der Waals surface area contributed by atoms with Crippen molar-refractivity contribution in [1.29, 1.82) is 0 Å². The molecule has 27 heavy (non-hydrogen) atoms. The number of aromatic amines is 1. The Hall–Kier alpha value is -2.34. The molecule has 0 unspecified atom stereocenters. The zero-order valence-corrected chi connectivity index (χ0v) is 15.7. The zero-order chi connectivity index (χ0) is 20.7. The van der Waals surface area contributed by atoms with Crippen molar-refractivity contribution < 1.29 is 26.3 Å². The Morgan fingerprint density at radius 2 is 1.78 bits per heavy atom. The van der Waals surface area contributed by atoms with Crippen LogP contribution < -0.4 is 16.1 Å². The third-order valence-corrected chi connectivity index (χ3v) is 4.06. The molecule has 0 bridgehead atoms. The predicted octanol–water partition coefficient (Wildman–Crippen LogP) is 1.70. The summed E-state index contributed by atoms with van der Waals surface area (Å²) in [5, 5.41) is -0.298. The molecule has 0 spiro atoms. The Labute approximate surface area is 152 Å². The average Bonchev–Trinajstić information content (AvgIpc) is 2.48. The van der Waals surface area contributed by atoms with Crippen molar-refractivity contribution in [2.45, 2.75) is 39.2 Å². The Morgan fingerprint density at radius 1 is 1.19 bits per heavy atom. The minimum absolute atomic E-state index is 0.183. The van der Waals surface area contributed by atoms with Crippen LogP contribution >= 0.6 is 0 Å². The Morgan fingerprint density at radius 3 is 2.26 bits per heavy atom. The first-order valence-corrected chi connectivity index (χ1v) is 9.63. The second kappa shape index (κ2) is 7.00. The lowest BCUT2D eigenvalue weighted by Crippen LogP contribution is -2.43. The Bertz CT molecular complexity index is 1090. The largest absolute Gasteiger partial charge is 0.416 e. The monoisotopic (exact) mass is 409 g/mol. The zero-order valence-electron chi connectivity index (χ0n) is 14.8. The van der Waals surface area contributed by atoms with Gasteiger partial charge in [-0.15, -0.1) is 0 Å². The van der Waals surface area contributed by atoms with Crippen LogP contribution in [0, 0.1) is 0 Å². The van der Waals surface area contributed by atoms with E-state index in [1.54, 1.807) is 18.7 Å². The van der Waals surface area contributed by atoms with Gasteiger partial charge in [-0.3, -0.25) is 4.79 Å². The van der Waals surface area contributed by atoms with E-state index in [2.05, 4.69) is 4.98 Å². The molecule has 0 fully saturated rings. The van der Waals surface area contributed by atoms with E-state index in [0.717, 1.165) is 12.3 Å². The standard InChI is InChI=1S/C15H18F3N3O5S/c1-7(2)26-8(3)9-5-10-12(6-11(9)15(16,17)18)19-14(23)21(13(10)22)20-27(4,24)25/h5-8,20H,1-4H3,(H,19,23)/t8-/m0/s1. The molecule has 0 aliphatic heterocycles. The fourth-order valence-corrected chi connectivity index (χ4v) is 3.09. The summed E-state index contributed by atoms with van der Waals surface area (Å²) in [4.78, 5) is 28.2. The number of ether oxygens (including phenoxy) is 1. The van der Waals surface area contributed by atoms with Gasteiger partial charge in [0.05, 0.1) is 34.9 Å². The highest BCUT2D eigenvalue weighted by molar-refractivity contribution is 7.91. The van der Waals surface area contributed by atoms with Crippen molar-refractivity contribution in [1.82, 2.24) is 9.66 Å². The maximum absolute atomic E-state index is 13.5. The average molecular weight is 409 g/mol. The lowest BCUT2D eigenvalue weighted by Gasteiger charge is -2.21. The third kappa shape index (κ3) is 4.69. The van der Waals surface area contributed by atoms with Gasteiger partial charge < -0.3 is 9.72 Å². The van der Waals surface area contributed by atoms with Crippen LogP contribution in [-0.4, -0.2) is 30.4 Å². The lowest BCUT2D eigenvalue weighted by molar-refractivity contribution is -0.139. The van der Waals surface area contributed by atoms with Gasteiger partial charge in [-0.2, -0.15) is 17.8 Å². The summed E-state index contributed by atoms with van der Waals surface area (Å²) in [5.74, 6) is 0. The molecule has 2 N–H and O–H groups in total. The number of alkyl halides is 3. The first kappa shape index (κ1) is 21.0. The molecule has 12 heteroatoms. The summed E-state index contributed by atoms with van der Waals surface area (Å²) >= 11 is 0. The number of nitrogens with zero attached hydrogens (tertiary/aromatic N) is 1. The number of hydrogen-bond acceptors (Lipinski definition) is 5. The van der Waals surface area contributed by atoms with Crippen molar-refractivity contribution in [2.75, 3.05) is 11.1 Å². The topological polar surface area (TPSA) is 110 Å². The molecule has 0 radical (unpaired) electrons. The molecule has 1 aromatic carbocycles. The van der Waals surface area contributed by atoms with Crippen molar-refractivity contribution >= 4 is 20.9 Å². The van der Waals surface area contributed by atoms with E-state index < -0.39 is 39.1 Å². The predicted molar refractivity (Wildman–Crippen MR) is 92.7 cm³/mol. The van der Waals surface area contributed by atoms with Crippen LogP contribution in [0.4, 0.5) is 13.2 Å². The van der Waals surface area contributed by atoms with E-state index in [4.69, 9.17) is 4.74 Å². The molecule has 0 saturated carbocycles. The maximum Gasteiger partial charge on any atom is 0.416 e. The van der Waals surface area contributed by atoms with Crippen LogP contribution in [0.5, 0.6) is 0 Å². The molecule has 0 aliphatic carbocycles. The van der Waals surface area contributed by atoms with Gasteiger partial charge >= 0.3 is 11.9 Å². The highest BCUT2D eigenvalue weighted by Crippen LogP contribution is 2.37. The van der Waals surface area contributed by atoms with E-state index in [9.17, 15) is 31.2 Å². The quantitative estimate of drug-likeness (QED) is 0.781. The van der Waals surface area contributed by atoms with Gasteiger partial charge in [-0.1, -0.05) is 0 Å². The number of nitrogens with one attached hydrogen (secondary N) is 2. The van der Waals surface area contributed by atoms with E-state index in [1.807, 2.05) is 0 Å². The molecule has 8 nitrogen and oxygen atoms in total. The maximum atomic E-state index is 13.5. The van der Waals surface area contributed by atoms with E-state index >= 15 is 0 Å². The number of hydrogen-bond donors (Lipinski definition) is 2. The number of aromatic nitrogens is 2. The molecule has 2 aromatic rings. The molecule has 0 aliphatic rings. The fraction of sp³-hybridized carbons (Fsp3) is 0.467. The molecule has 0 saturated heterocycles. The molecule has 1 atom stereocenters. The first-order chi connectivity index (χ1) is 12.2. The number of benzene rings is 1. The summed E-state index contributed by atoms with van der Waals surface area (Å²) in [6, 6.07) is 1.59. The summed E-state index contributed by atoms with van der Waals surface area (Å²) < 4.78 is 68.6. The summed E-state index contributed by atoms with van der Waals surface area (Å²) in [7, 11) is -3.98. The van der Waals surface area contributed by atoms with Crippen molar-refractivity contribution in [2.24, 2.45) is 0 Å². The Kier molecular flexibility index (Phi) is 5.44. The van der Waals surface area contributed by atoms with Gasteiger partial charge in [0.1, 0.15) is 0 Å². The fourth-order valence-electron chi connectivity index (χ4n) is 2.59. The Balaban J connectivity index is 2.84. The lowest BCUT2D eigenvalue weighted by atomic mass is 10.00. The van der Waals surface area contributed by atoms with Gasteiger partial charge in [0, 0.05) is 0 Å². The normalized spacial score (nSPS) is 13.9. The molecular weight excluding hydrogens is 391 g/mol. The minimum Gasteiger partial charge on any atom is -0.371 e. The van der Waals surface area contributed by atoms with Crippen molar-refractivity contribution in [3.05, 3.63) is 44.1 Å². The summed E-state index contributed by atoms with van der Waals surface area (Å²) in [6.45, 7) is 4.69. The second-order valence-electron chi connectivity index (χ2n) is 6.24. The van der Waals surface area contributed by atoms with Crippen molar-refractivity contribution in [3.63, 3.8) is 0 Å². The van der Waals surface area contributed by atoms with Crippen LogP contribution in [0.2, 0.25) is 0 Å². The third-order valence-electron chi connectivity index (χ3n) is 3.54. The minimum atomic E-state index is -4.76. The van der Waals surface area contributed by atoms with Gasteiger partial charge in [0.25, 0.3) is 5.56 Å². The van der Waals surface area contributed by atoms with Crippen LogP contribution in [0.3, 0.4) is 0 Å². The van der Waals surface area contributed by atoms with Crippen LogP contribution in [0.1, 0.15) is 38.0 Å². The van der Waals surface area contributed by atoms with E-state index in [0.29, 0.717) is 6.07 Å². The highest BCUT2D eigenvalue weighted by atomic mass is 32.2. The smallest absolute Gasteiger partial charge is 0.371 e. The number of fused-ring (bicyclic) bond motifs is 1. The SMILES string of the molecule is CC(C)O[C@@H](C)c1cc2c(=O)n(NS(C)(=O)=O)c(=O)[nH]c2cc1C(F)(F)F. The van der Waals surface area contributed by atoms with E-state index in [1.165, 1.54) is 6.92 Å². The molecule has 0 amide bonds. The molecule has 1 aromatic heterocycles. The number of halogens is 3. The molecule has 150 valence electrons. The van der Waals surface area contributed by atoms with Crippen LogP contribution in [-0.2, 0) is 20.9 Å². The highest BCUT2D eigenvalue weighted by Gasteiger charge is 2.36. The second-order valence-corrected chi connectivity index (χ2v) is 7.97. The van der Waals surface area contributed by atoms with Gasteiger partial charge in [-0.25, -0.2) is 18.0 Å². The number of sulfonamides is 1. The molecule has 1 heterocycles. The van der Waals surface area contributed by atoms with Gasteiger partial charge in [0.15, 0.2) is 0 Å². The number of rotatable bonds is 5. The van der Waals surface area contributed by atoms with Crippen LogP contribution in [0.15, 0.2) is 21.7 Å². The summed E-state index contributed by atoms with van der Waals surface area (Å²) in [5.41, 5.74) is -4.06. The van der Waals surface area contributed by atoms with Crippen molar-refractivity contribution in [3.8, 4) is 0 Å². The first-order valence-electron chi connectivity index (χ1n) is 7.74. The van der Waals surface area contributed by atoms with E-state index in [-0.39, 0.29) is 27.2 Å². The van der Waals surface area contributed by atoms with Gasteiger partial charge in [0.2, 0.25) is 10.0 Å².